The van der Waals surface area contributed by atoms with E-state index in [-0.39, 0.29) is 5.91 Å². The van der Waals surface area contributed by atoms with E-state index >= 15 is 0 Å². The van der Waals surface area contributed by atoms with E-state index in [2.05, 4.69) is 5.32 Å². The molecule has 0 aliphatic carbocycles. The van der Waals surface area contributed by atoms with Crippen LogP contribution in [-0.2, 0) is 20.7 Å². The van der Waals surface area contributed by atoms with E-state index < -0.39 is 0 Å². The highest BCUT2D eigenvalue weighted by Gasteiger charge is 2.03. The molecule has 0 aliphatic heterocycles. The van der Waals surface area contributed by atoms with Crippen molar-refractivity contribution >= 4 is 11.6 Å². The second-order valence-electron chi connectivity index (χ2n) is 4.86. The summed E-state index contributed by atoms with van der Waals surface area (Å²) in [6.45, 7) is 2.65. The number of unbranched alkanes of at least 4 members (excludes halogenated alkanes) is 1. The van der Waals surface area contributed by atoms with Gasteiger partial charge in [-0.1, -0.05) is 18.2 Å². The summed E-state index contributed by atoms with van der Waals surface area (Å²) < 4.78 is 10.2. The number of para-hydroxylation sites is 1. The van der Waals surface area contributed by atoms with Crippen LogP contribution >= 0.6 is 0 Å². The van der Waals surface area contributed by atoms with Crippen LogP contribution in [0.5, 0.6) is 0 Å². The number of methoxy groups -OCH3 is 1. The third-order valence-electron chi connectivity index (χ3n) is 3.15. The minimum Gasteiger partial charge on any atom is -0.399 e. The maximum absolute atomic E-state index is 11.7. The number of benzene rings is 1. The van der Waals surface area contributed by atoms with Crippen LogP contribution in [0.25, 0.3) is 0 Å². The van der Waals surface area contributed by atoms with E-state index in [9.17, 15) is 4.79 Å². The van der Waals surface area contributed by atoms with E-state index in [4.69, 9.17) is 15.2 Å². The molecule has 0 radical (unpaired) electrons. The van der Waals surface area contributed by atoms with Gasteiger partial charge in [-0.25, -0.2) is 0 Å². The molecule has 0 spiro atoms. The second kappa shape index (κ2) is 11.1. The number of carbonyl (C=O) groups is 1. The average molecular weight is 294 g/mol. The van der Waals surface area contributed by atoms with Gasteiger partial charge < -0.3 is 20.5 Å². The lowest BCUT2D eigenvalue weighted by molar-refractivity contribution is -0.121. The molecule has 0 heterocycles. The summed E-state index contributed by atoms with van der Waals surface area (Å²) in [4.78, 5) is 11.7. The number of aryl methyl sites for hydroxylation is 1. The molecule has 21 heavy (non-hydrogen) atoms. The number of nitrogens with one attached hydrogen (secondary N) is 1. The maximum Gasteiger partial charge on any atom is 0.220 e. The molecular weight excluding hydrogens is 268 g/mol. The molecule has 0 saturated heterocycles. The van der Waals surface area contributed by atoms with Crippen molar-refractivity contribution in [3.63, 3.8) is 0 Å². The van der Waals surface area contributed by atoms with Gasteiger partial charge in [0.05, 0.1) is 13.2 Å². The average Bonchev–Trinajstić information content (AvgIpc) is 2.49. The number of hydrogen-bond acceptors (Lipinski definition) is 4. The van der Waals surface area contributed by atoms with E-state index in [1.165, 1.54) is 0 Å². The van der Waals surface area contributed by atoms with Crippen molar-refractivity contribution in [2.24, 2.45) is 0 Å². The number of carbonyl (C=O) groups excluding carboxylic acids is 1. The molecule has 5 heteroatoms. The monoisotopic (exact) mass is 294 g/mol. The minimum absolute atomic E-state index is 0.0681. The summed E-state index contributed by atoms with van der Waals surface area (Å²) >= 11 is 0. The Morgan fingerprint density at radius 3 is 2.76 bits per heavy atom. The Labute approximate surface area is 126 Å². The van der Waals surface area contributed by atoms with Gasteiger partial charge in [-0.2, -0.15) is 0 Å². The number of hydrogen-bond donors (Lipinski definition) is 2. The van der Waals surface area contributed by atoms with Gasteiger partial charge in [-0.3, -0.25) is 4.79 Å². The quantitative estimate of drug-likeness (QED) is 0.482. The SMILES string of the molecule is COCCOCCCCNC(=O)CCc1ccccc1N. The summed E-state index contributed by atoms with van der Waals surface area (Å²) in [6, 6.07) is 7.65. The van der Waals surface area contributed by atoms with Crippen molar-refractivity contribution in [3.8, 4) is 0 Å². The van der Waals surface area contributed by atoms with Crippen LogP contribution in [0.15, 0.2) is 24.3 Å². The first-order valence-corrected chi connectivity index (χ1v) is 7.41. The molecule has 5 nitrogen and oxygen atoms in total. The number of ether oxygens (including phenoxy) is 2. The van der Waals surface area contributed by atoms with Gasteiger partial charge >= 0.3 is 0 Å². The summed E-state index contributed by atoms with van der Waals surface area (Å²) in [5.74, 6) is 0.0681. The summed E-state index contributed by atoms with van der Waals surface area (Å²) in [5.41, 5.74) is 7.62. The number of anilines is 1. The lowest BCUT2D eigenvalue weighted by Gasteiger charge is -2.07. The van der Waals surface area contributed by atoms with Crippen molar-refractivity contribution < 1.29 is 14.3 Å². The molecule has 0 atom stereocenters. The first-order valence-electron chi connectivity index (χ1n) is 7.41. The summed E-state index contributed by atoms with van der Waals surface area (Å²) in [5, 5.41) is 2.91. The zero-order valence-corrected chi connectivity index (χ0v) is 12.8. The number of amides is 1. The van der Waals surface area contributed by atoms with Gasteiger partial charge in [0.15, 0.2) is 0 Å². The first kappa shape index (κ1) is 17.5. The highest BCUT2D eigenvalue weighted by molar-refractivity contribution is 5.76. The molecule has 1 aromatic carbocycles. The molecule has 1 aromatic rings. The Balaban J connectivity index is 2.00. The molecular formula is C16H26N2O3. The van der Waals surface area contributed by atoms with Gasteiger partial charge in [-0.05, 0) is 30.9 Å². The van der Waals surface area contributed by atoms with E-state index in [1.54, 1.807) is 7.11 Å². The van der Waals surface area contributed by atoms with E-state index in [1.807, 2.05) is 24.3 Å². The van der Waals surface area contributed by atoms with Gasteiger partial charge in [0.1, 0.15) is 0 Å². The Bertz CT molecular complexity index is 410. The maximum atomic E-state index is 11.7. The van der Waals surface area contributed by atoms with Crippen LogP contribution in [0.2, 0.25) is 0 Å². The molecule has 1 rings (SSSR count). The molecule has 1 amide bonds. The van der Waals surface area contributed by atoms with E-state index in [0.29, 0.717) is 39.2 Å². The molecule has 0 bridgehead atoms. The predicted octanol–water partition coefficient (Wildman–Crippen LogP) is 1.76. The Hall–Kier alpha value is -1.59. The fourth-order valence-corrected chi connectivity index (χ4v) is 1.90. The topological polar surface area (TPSA) is 73.6 Å². The van der Waals surface area contributed by atoms with Crippen molar-refractivity contribution in [2.45, 2.75) is 25.7 Å². The zero-order chi connectivity index (χ0) is 15.3. The second-order valence-corrected chi connectivity index (χ2v) is 4.86. The minimum atomic E-state index is 0.0681. The third kappa shape index (κ3) is 8.32. The van der Waals surface area contributed by atoms with Gasteiger partial charge in [0.25, 0.3) is 0 Å². The van der Waals surface area contributed by atoms with Gasteiger partial charge in [0, 0.05) is 32.4 Å². The lowest BCUT2D eigenvalue weighted by Crippen LogP contribution is -2.25. The fourth-order valence-electron chi connectivity index (χ4n) is 1.90. The van der Waals surface area contributed by atoms with Crippen LogP contribution < -0.4 is 11.1 Å². The lowest BCUT2D eigenvalue weighted by atomic mass is 10.1. The standard InChI is InChI=1S/C16H26N2O3/c1-20-12-13-21-11-5-4-10-18-16(19)9-8-14-6-2-3-7-15(14)17/h2-3,6-7H,4-5,8-13,17H2,1H3,(H,18,19). The molecule has 0 aliphatic rings. The smallest absolute Gasteiger partial charge is 0.220 e. The van der Waals surface area contributed by atoms with Crippen LogP contribution in [0.3, 0.4) is 0 Å². The number of nitrogens with two attached hydrogens (primary N) is 1. The van der Waals surface area contributed by atoms with Crippen molar-refractivity contribution in [3.05, 3.63) is 29.8 Å². The van der Waals surface area contributed by atoms with Gasteiger partial charge in [0.2, 0.25) is 5.91 Å². The summed E-state index contributed by atoms with van der Waals surface area (Å²) in [6.07, 6.45) is 3.01. The highest BCUT2D eigenvalue weighted by atomic mass is 16.5. The normalized spacial score (nSPS) is 10.5. The van der Waals surface area contributed by atoms with Crippen LogP contribution in [0, 0.1) is 0 Å². The number of rotatable bonds is 11. The Kier molecular flexibility index (Phi) is 9.24. The summed E-state index contributed by atoms with van der Waals surface area (Å²) in [7, 11) is 1.65. The van der Waals surface area contributed by atoms with Crippen LogP contribution in [-0.4, -0.2) is 39.4 Å². The van der Waals surface area contributed by atoms with Crippen molar-refractivity contribution in [1.82, 2.24) is 5.32 Å². The Morgan fingerprint density at radius 1 is 1.19 bits per heavy atom. The molecule has 0 aromatic heterocycles. The zero-order valence-electron chi connectivity index (χ0n) is 12.8. The molecule has 0 saturated carbocycles. The molecule has 0 unspecified atom stereocenters. The van der Waals surface area contributed by atoms with Crippen LogP contribution in [0.1, 0.15) is 24.8 Å². The fraction of sp³-hybridized carbons (Fsp3) is 0.562. The molecule has 0 fully saturated rings. The van der Waals surface area contributed by atoms with Crippen LogP contribution in [0.4, 0.5) is 5.69 Å². The van der Waals surface area contributed by atoms with Crippen molar-refractivity contribution in [2.75, 3.05) is 39.2 Å². The largest absolute Gasteiger partial charge is 0.399 e. The highest BCUT2D eigenvalue weighted by Crippen LogP contribution is 2.12. The number of nitrogen functional groups attached to an aromatic ring is 1. The molecule has 118 valence electrons. The molecule has 3 N–H and O–H groups in total. The van der Waals surface area contributed by atoms with E-state index in [0.717, 1.165) is 24.1 Å². The predicted molar refractivity (Wildman–Crippen MR) is 84.1 cm³/mol. The Morgan fingerprint density at radius 2 is 2.00 bits per heavy atom. The van der Waals surface area contributed by atoms with Gasteiger partial charge in [-0.15, -0.1) is 0 Å². The first-order chi connectivity index (χ1) is 10.2. The third-order valence-corrected chi connectivity index (χ3v) is 3.15. The van der Waals surface area contributed by atoms with Crippen molar-refractivity contribution in [1.29, 1.82) is 0 Å².